The predicted octanol–water partition coefficient (Wildman–Crippen LogP) is 2.79. The van der Waals surface area contributed by atoms with Crippen LogP contribution in [0.5, 0.6) is 0 Å². The molecule has 0 saturated heterocycles. The summed E-state index contributed by atoms with van der Waals surface area (Å²) in [5.74, 6) is 2.48. The number of nitrogens with one attached hydrogen (secondary N) is 1. The molecule has 0 bridgehead atoms. The van der Waals surface area contributed by atoms with Crippen LogP contribution in [0.3, 0.4) is 0 Å². The van der Waals surface area contributed by atoms with E-state index < -0.39 is 0 Å². The molecular formula is C15H26IN3OS. The van der Waals surface area contributed by atoms with Gasteiger partial charge in [-0.05, 0) is 19.4 Å². The molecule has 1 unspecified atom stereocenters. The fourth-order valence-corrected chi connectivity index (χ4v) is 2.49. The summed E-state index contributed by atoms with van der Waals surface area (Å²) in [6.07, 6.45) is 0. The van der Waals surface area contributed by atoms with Gasteiger partial charge >= 0.3 is 0 Å². The third kappa shape index (κ3) is 9.97. The van der Waals surface area contributed by atoms with Crippen molar-refractivity contribution < 1.29 is 4.74 Å². The molecule has 0 spiro atoms. The van der Waals surface area contributed by atoms with E-state index in [4.69, 9.17) is 10.5 Å². The quantitative estimate of drug-likeness (QED) is 0.292. The van der Waals surface area contributed by atoms with Gasteiger partial charge in [-0.15, -0.1) is 24.0 Å². The standard InChI is InChI=1S/C15H25N3OS.HI/c1-12-4-6-14(7-5-12)11-20-9-8-17-15(16)18-13(2)10-19-3;/h4-7,13H,8-11H2,1-3H3,(H3,16,17,18);1H. The van der Waals surface area contributed by atoms with Gasteiger partial charge in [-0.2, -0.15) is 11.8 Å². The number of nitrogens with zero attached hydrogens (tertiary/aromatic N) is 1. The van der Waals surface area contributed by atoms with Crippen LogP contribution < -0.4 is 11.1 Å². The summed E-state index contributed by atoms with van der Waals surface area (Å²) in [4.78, 5) is 4.30. The number of methoxy groups -OCH3 is 1. The van der Waals surface area contributed by atoms with Crippen LogP contribution in [0.15, 0.2) is 29.3 Å². The van der Waals surface area contributed by atoms with E-state index in [1.807, 2.05) is 18.7 Å². The van der Waals surface area contributed by atoms with Crippen molar-refractivity contribution in [2.45, 2.75) is 25.6 Å². The second kappa shape index (κ2) is 12.1. The molecule has 0 aliphatic rings. The molecular weight excluding hydrogens is 397 g/mol. The van der Waals surface area contributed by atoms with Gasteiger partial charge in [0.15, 0.2) is 5.96 Å². The highest BCUT2D eigenvalue weighted by molar-refractivity contribution is 14.0. The fourth-order valence-electron chi connectivity index (χ4n) is 1.69. The number of rotatable bonds is 8. The number of aliphatic imine (C=N–C) groups is 1. The number of guanidine groups is 1. The van der Waals surface area contributed by atoms with Crippen molar-refractivity contribution in [1.82, 2.24) is 5.32 Å². The van der Waals surface area contributed by atoms with Gasteiger partial charge < -0.3 is 15.8 Å². The van der Waals surface area contributed by atoms with E-state index in [0.717, 1.165) is 18.1 Å². The van der Waals surface area contributed by atoms with E-state index in [2.05, 4.69) is 41.5 Å². The van der Waals surface area contributed by atoms with Crippen LogP contribution in [-0.4, -0.2) is 38.0 Å². The average Bonchev–Trinajstić information content (AvgIpc) is 2.40. The highest BCUT2D eigenvalue weighted by Gasteiger charge is 2.01. The molecule has 1 atom stereocenters. The monoisotopic (exact) mass is 423 g/mol. The van der Waals surface area contributed by atoms with Crippen molar-refractivity contribution in [2.24, 2.45) is 10.7 Å². The molecule has 0 aliphatic carbocycles. The molecule has 0 aromatic heterocycles. The van der Waals surface area contributed by atoms with Crippen molar-refractivity contribution in [3.63, 3.8) is 0 Å². The Morgan fingerprint density at radius 3 is 2.67 bits per heavy atom. The van der Waals surface area contributed by atoms with Gasteiger partial charge in [0.2, 0.25) is 0 Å². The van der Waals surface area contributed by atoms with Gasteiger partial charge in [0.05, 0.1) is 13.2 Å². The van der Waals surface area contributed by atoms with Gasteiger partial charge in [0.25, 0.3) is 0 Å². The zero-order valence-electron chi connectivity index (χ0n) is 13.0. The van der Waals surface area contributed by atoms with Gasteiger partial charge in [-0.1, -0.05) is 29.8 Å². The zero-order chi connectivity index (χ0) is 14.8. The molecule has 1 aromatic carbocycles. The molecule has 21 heavy (non-hydrogen) atoms. The minimum atomic E-state index is 0. The van der Waals surface area contributed by atoms with Crippen LogP contribution in [0.25, 0.3) is 0 Å². The maximum atomic E-state index is 5.79. The van der Waals surface area contributed by atoms with Gasteiger partial charge in [-0.25, -0.2) is 0 Å². The van der Waals surface area contributed by atoms with Crippen LogP contribution in [0.4, 0.5) is 0 Å². The molecule has 120 valence electrons. The molecule has 1 rings (SSSR count). The lowest BCUT2D eigenvalue weighted by atomic mass is 10.2. The summed E-state index contributed by atoms with van der Waals surface area (Å²) in [5.41, 5.74) is 8.44. The number of nitrogens with two attached hydrogens (primary N) is 1. The lowest BCUT2D eigenvalue weighted by molar-refractivity contribution is 0.179. The van der Waals surface area contributed by atoms with Crippen molar-refractivity contribution >= 4 is 41.7 Å². The van der Waals surface area contributed by atoms with Crippen LogP contribution in [0.2, 0.25) is 0 Å². The number of hydrogen-bond acceptors (Lipinski definition) is 3. The highest BCUT2D eigenvalue weighted by atomic mass is 127. The van der Waals surface area contributed by atoms with E-state index in [-0.39, 0.29) is 30.0 Å². The maximum Gasteiger partial charge on any atom is 0.188 e. The predicted molar refractivity (Wildman–Crippen MR) is 104 cm³/mol. The molecule has 0 aliphatic heterocycles. The van der Waals surface area contributed by atoms with Crippen molar-refractivity contribution in [3.8, 4) is 0 Å². The smallest absolute Gasteiger partial charge is 0.188 e. The topological polar surface area (TPSA) is 59.6 Å². The molecule has 6 heteroatoms. The Morgan fingerprint density at radius 2 is 2.05 bits per heavy atom. The fraction of sp³-hybridized carbons (Fsp3) is 0.533. The molecule has 0 heterocycles. The van der Waals surface area contributed by atoms with Crippen LogP contribution in [0, 0.1) is 6.92 Å². The van der Waals surface area contributed by atoms with E-state index in [0.29, 0.717) is 12.6 Å². The first kappa shape index (κ1) is 20.5. The van der Waals surface area contributed by atoms with Gasteiger partial charge in [-0.3, -0.25) is 4.99 Å². The van der Waals surface area contributed by atoms with Crippen molar-refractivity contribution in [1.29, 1.82) is 0 Å². The number of aryl methyl sites for hydroxylation is 1. The number of ether oxygens (including phenoxy) is 1. The lowest BCUT2D eigenvalue weighted by Crippen LogP contribution is -2.40. The largest absolute Gasteiger partial charge is 0.383 e. The van der Waals surface area contributed by atoms with E-state index in [9.17, 15) is 0 Å². The Bertz CT molecular complexity index is 412. The SMILES string of the molecule is COCC(C)NC(N)=NCCSCc1ccc(C)cc1.I. The molecule has 0 fully saturated rings. The Morgan fingerprint density at radius 1 is 1.38 bits per heavy atom. The lowest BCUT2D eigenvalue weighted by Gasteiger charge is -2.12. The summed E-state index contributed by atoms with van der Waals surface area (Å²) in [7, 11) is 1.67. The molecule has 0 radical (unpaired) electrons. The Kier molecular flexibility index (Phi) is 11.8. The third-order valence-corrected chi connectivity index (χ3v) is 3.73. The third-order valence-electron chi connectivity index (χ3n) is 2.72. The zero-order valence-corrected chi connectivity index (χ0v) is 16.1. The highest BCUT2D eigenvalue weighted by Crippen LogP contribution is 2.12. The first-order valence-electron chi connectivity index (χ1n) is 6.80. The van der Waals surface area contributed by atoms with Crippen molar-refractivity contribution in [2.75, 3.05) is 26.0 Å². The Labute approximate surface area is 149 Å². The Balaban J connectivity index is 0.00000400. The van der Waals surface area contributed by atoms with Crippen molar-refractivity contribution in [3.05, 3.63) is 35.4 Å². The number of hydrogen-bond donors (Lipinski definition) is 2. The van der Waals surface area contributed by atoms with Crippen LogP contribution >= 0.6 is 35.7 Å². The van der Waals surface area contributed by atoms with E-state index >= 15 is 0 Å². The summed E-state index contributed by atoms with van der Waals surface area (Å²) >= 11 is 1.87. The molecule has 4 nitrogen and oxygen atoms in total. The van der Waals surface area contributed by atoms with E-state index in [1.54, 1.807) is 7.11 Å². The minimum Gasteiger partial charge on any atom is -0.383 e. The van der Waals surface area contributed by atoms with Gasteiger partial charge in [0, 0.05) is 24.7 Å². The maximum absolute atomic E-state index is 5.79. The summed E-state index contributed by atoms with van der Waals surface area (Å²) in [6.45, 7) is 5.47. The number of halogens is 1. The summed E-state index contributed by atoms with van der Waals surface area (Å²) in [5, 5.41) is 3.09. The molecule has 0 amide bonds. The molecule has 3 N–H and O–H groups in total. The second-order valence-electron chi connectivity index (χ2n) is 4.81. The number of benzene rings is 1. The van der Waals surface area contributed by atoms with Crippen LogP contribution in [-0.2, 0) is 10.5 Å². The normalized spacial score (nSPS) is 12.6. The molecule has 1 aromatic rings. The van der Waals surface area contributed by atoms with E-state index in [1.165, 1.54) is 11.1 Å². The average molecular weight is 423 g/mol. The van der Waals surface area contributed by atoms with Gasteiger partial charge in [0.1, 0.15) is 0 Å². The molecule has 0 saturated carbocycles. The minimum absolute atomic E-state index is 0. The summed E-state index contributed by atoms with van der Waals surface area (Å²) in [6, 6.07) is 8.83. The number of thioether (sulfide) groups is 1. The second-order valence-corrected chi connectivity index (χ2v) is 5.91. The first-order chi connectivity index (χ1) is 9.61. The van der Waals surface area contributed by atoms with Crippen LogP contribution in [0.1, 0.15) is 18.1 Å². The summed E-state index contributed by atoms with van der Waals surface area (Å²) < 4.78 is 5.03. The Hall–Kier alpha value is -0.470. The first-order valence-corrected chi connectivity index (χ1v) is 7.96.